The maximum absolute atomic E-state index is 11.7. The average molecular weight is 275 g/mol. The first-order valence-electron chi connectivity index (χ1n) is 4.85. The standard InChI is InChI=1S/C9H8Cl2N4O2/c10-5-3-6(15-9(11)13-5)14-8(17)4-1-2-7(16)12-4/h3-4H,1-2H2,(H,12,16)(H,13,14,15,17). The molecule has 8 heteroatoms. The highest BCUT2D eigenvalue weighted by atomic mass is 35.5. The Morgan fingerprint density at radius 1 is 1.47 bits per heavy atom. The van der Waals surface area contributed by atoms with Gasteiger partial charge in [-0.05, 0) is 18.0 Å². The summed E-state index contributed by atoms with van der Waals surface area (Å²) in [5, 5.41) is 5.14. The predicted molar refractivity (Wildman–Crippen MR) is 61.8 cm³/mol. The predicted octanol–water partition coefficient (Wildman–Crippen LogP) is 1.00. The van der Waals surface area contributed by atoms with Gasteiger partial charge in [0.15, 0.2) is 0 Å². The Labute approximate surface area is 107 Å². The minimum absolute atomic E-state index is 0.0525. The summed E-state index contributed by atoms with van der Waals surface area (Å²) >= 11 is 11.2. The molecule has 2 rings (SSSR count). The number of carbonyl (C=O) groups is 2. The highest BCUT2D eigenvalue weighted by molar-refractivity contribution is 6.32. The Morgan fingerprint density at radius 2 is 2.24 bits per heavy atom. The van der Waals surface area contributed by atoms with Crippen molar-refractivity contribution in [3.63, 3.8) is 0 Å². The van der Waals surface area contributed by atoms with Gasteiger partial charge < -0.3 is 10.6 Å². The van der Waals surface area contributed by atoms with Crippen molar-refractivity contribution in [3.05, 3.63) is 16.5 Å². The topological polar surface area (TPSA) is 84.0 Å². The van der Waals surface area contributed by atoms with Gasteiger partial charge >= 0.3 is 0 Å². The number of hydrogen-bond acceptors (Lipinski definition) is 4. The number of nitrogens with zero attached hydrogens (tertiary/aromatic N) is 2. The number of aromatic nitrogens is 2. The molecule has 1 aromatic heterocycles. The Balaban J connectivity index is 2.05. The smallest absolute Gasteiger partial charge is 0.248 e. The highest BCUT2D eigenvalue weighted by Gasteiger charge is 2.27. The van der Waals surface area contributed by atoms with E-state index < -0.39 is 6.04 Å². The number of amides is 2. The van der Waals surface area contributed by atoms with Gasteiger partial charge in [-0.3, -0.25) is 9.59 Å². The van der Waals surface area contributed by atoms with E-state index in [1.165, 1.54) is 6.07 Å². The van der Waals surface area contributed by atoms with Crippen molar-refractivity contribution < 1.29 is 9.59 Å². The molecule has 1 atom stereocenters. The summed E-state index contributed by atoms with van der Waals surface area (Å²) < 4.78 is 0. The van der Waals surface area contributed by atoms with Crippen molar-refractivity contribution in [2.24, 2.45) is 0 Å². The van der Waals surface area contributed by atoms with E-state index in [1.54, 1.807) is 0 Å². The average Bonchev–Trinajstić information content (AvgIpc) is 2.63. The number of rotatable bonds is 2. The number of carbonyl (C=O) groups excluding carboxylic acids is 2. The van der Waals surface area contributed by atoms with E-state index in [-0.39, 0.29) is 28.1 Å². The van der Waals surface area contributed by atoms with Crippen LogP contribution in [0.4, 0.5) is 5.82 Å². The lowest BCUT2D eigenvalue weighted by atomic mass is 10.2. The molecular formula is C9H8Cl2N4O2. The molecule has 1 aliphatic rings. The summed E-state index contributed by atoms with van der Waals surface area (Å²) in [5.74, 6) is -0.272. The van der Waals surface area contributed by atoms with E-state index in [1.807, 2.05) is 0 Å². The second-order valence-corrected chi connectivity index (χ2v) is 4.22. The van der Waals surface area contributed by atoms with Crippen LogP contribution in [0.1, 0.15) is 12.8 Å². The summed E-state index contributed by atoms with van der Waals surface area (Å²) in [6, 6.07) is 0.845. The van der Waals surface area contributed by atoms with E-state index in [0.717, 1.165) is 0 Å². The molecule has 0 radical (unpaired) electrons. The SMILES string of the molecule is O=C1CCC(C(=O)Nc2cc(Cl)nc(Cl)n2)N1. The van der Waals surface area contributed by atoms with Gasteiger partial charge in [0.25, 0.3) is 0 Å². The lowest BCUT2D eigenvalue weighted by molar-refractivity contribution is -0.122. The van der Waals surface area contributed by atoms with Gasteiger partial charge in [-0.1, -0.05) is 11.6 Å². The quantitative estimate of drug-likeness (QED) is 0.623. The second-order valence-electron chi connectivity index (χ2n) is 3.49. The first-order chi connectivity index (χ1) is 8.04. The van der Waals surface area contributed by atoms with Crippen molar-refractivity contribution in [3.8, 4) is 0 Å². The van der Waals surface area contributed by atoms with E-state index in [4.69, 9.17) is 23.2 Å². The molecule has 1 saturated heterocycles. The second kappa shape index (κ2) is 4.85. The van der Waals surface area contributed by atoms with Crippen LogP contribution in [0.15, 0.2) is 6.07 Å². The van der Waals surface area contributed by atoms with Crippen LogP contribution < -0.4 is 10.6 Å². The molecule has 0 aliphatic carbocycles. The van der Waals surface area contributed by atoms with Crippen molar-refractivity contribution >= 4 is 40.8 Å². The van der Waals surface area contributed by atoms with Gasteiger partial charge in [0.05, 0.1) is 0 Å². The molecule has 0 bridgehead atoms. The zero-order chi connectivity index (χ0) is 12.4. The Bertz CT molecular complexity index is 460. The van der Waals surface area contributed by atoms with Gasteiger partial charge in [0, 0.05) is 12.5 Å². The third-order valence-electron chi connectivity index (χ3n) is 2.23. The molecule has 1 aromatic rings. The number of nitrogens with one attached hydrogen (secondary N) is 2. The Morgan fingerprint density at radius 3 is 2.82 bits per heavy atom. The number of anilines is 1. The summed E-state index contributed by atoms with van der Waals surface area (Å²) in [7, 11) is 0. The van der Waals surface area contributed by atoms with Crippen molar-refractivity contribution in [2.75, 3.05) is 5.32 Å². The lowest BCUT2D eigenvalue weighted by Gasteiger charge is -2.10. The van der Waals surface area contributed by atoms with Crippen LogP contribution in [-0.2, 0) is 9.59 Å². The van der Waals surface area contributed by atoms with Crippen LogP contribution in [0.25, 0.3) is 0 Å². The number of halogens is 2. The highest BCUT2D eigenvalue weighted by Crippen LogP contribution is 2.15. The summed E-state index contributed by atoms with van der Waals surface area (Å²) in [6.45, 7) is 0. The maximum Gasteiger partial charge on any atom is 0.248 e. The molecule has 0 spiro atoms. The molecule has 1 unspecified atom stereocenters. The molecule has 2 amide bonds. The minimum Gasteiger partial charge on any atom is -0.344 e. The number of hydrogen-bond donors (Lipinski definition) is 2. The fourth-order valence-electron chi connectivity index (χ4n) is 1.48. The minimum atomic E-state index is -0.532. The fourth-order valence-corrected chi connectivity index (χ4v) is 1.89. The molecule has 1 fully saturated rings. The van der Waals surface area contributed by atoms with E-state index in [0.29, 0.717) is 12.8 Å². The summed E-state index contributed by atoms with van der Waals surface area (Å²) in [5.41, 5.74) is 0. The van der Waals surface area contributed by atoms with Crippen LogP contribution >= 0.6 is 23.2 Å². The van der Waals surface area contributed by atoms with E-state index in [9.17, 15) is 9.59 Å². The Kier molecular flexibility index (Phi) is 3.44. The molecule has 2 heterocycles. The molecule has 0 saturated carbocycles. The zero-order valence-corrected chi connectivity index (χ0v) is 10.0. The van der Waals surface area contributed by atoms with Crippen LogP contribution in [-0.4, -0.2) is 27.8 Å². The Hall–Kier alpha value is -1.40. The monoisotopic (exact) mass is 274 g/mol. The molecule has 2 N–H and O–H groups in total. The molecule has 6 nitrogen and oxygen atoms in total. The largest absolute Gasteiger partial charge is 0.344 e. The van der Waals surface area contributed by atoms with Gasteiger partial charge in [0.1, 0.15) is 17.0 Å². The summed E-state index contributed by atoms with van der Waals surface area (Å²) in [6.07, 6.45) is 0.820. The third-order valence-corrected chi connectivity index (χ3v) is 2.59. The molecular weight excluding hydrogens is 267 g/mol. The van der Waals surface area contributed by atoms with Crippen molar-refractivity contribution in [1.82, 2.24) is 15.3 Å². The fraction of sp³-hybridized carbons (Fsp3) is 0.333. The molecule has 1 aliphatic heterocycles. The van der Waals surface area contributed by atoms with Gasteiger partial charge in [-0.2, -0.15) is 0 Å². The van der Waals surface area contributed by atoms with Crippen LogP contribution in [0, 0.1) is 0 Å². The summed E-state index contributed by atoms with van der Waals surface area (Å²) in [4.78, 5) is 30.1. The molecule has 17 heavy (non-hydrogen) atoms. The van der Waals surface area contributed by atoms with Crippen molar-refractivity contribution in [1.29, 1.82) is 0 Å². The van der Waals surface area contributed by atoms with Crippen LogP contribution in [0.5, 0.6) is 0 Å². The normalized spacial score (nSPS) is 18.9. The van der Waals surface area contributed by atoms with Gasteiger partial charge in [-0.25, -0.2) is 9.97 Å². The van der Waals surface area contributed by atoms with Gasteiger partial charge in [-0.15, -0.1) is 0 Å². The third kappa shape index (κ3) is 3.04. The lowest BCUT2D eigenvalue weighted by Crippen LogP contribution is -2.37. The first-order valence-corrected chi connectivity index (χ1v) is 5.60. The van der Waals surface area contributed by atoms with E-state index >= 15 is 0 Å². The first kappa shape index (κ1) is 12.1. The van der Waals surface area contributed by atoms with Crippen LogP contribution in [0.3, 0.4) is 0 Å². The van der Waals surface area contributed by atoms with Crippen molar-refractivity contribution in [2.45, 2.75) is 18.9 Å². The maximum atomic E-state index is 11.7. The molecule has 90 valence electrons. The van der Waals surface area contributed by atoms with Gasteiger partial charge in [0.2, 0.25) is 17.1 Å². The van der Waals surface area contributed by atoms with Crippen LogP contribution in [0.2, 0.25) is 10.4 Å². The van der Waals surface area contributed by atoms with E-state index in [2.05, 4.69) is 20.6 Å². The molecule has 0 aromatic carbocycles. The zero-order valence-electron chi connectivity index (χ0n) is 8.54.